The summed E-state index contributed by atoms with van der Waals surface area (Å²) in [5.74, 6) is 2.12. The van der Waals surface area contributed by atoms with Crippen LogP contribution in [0, 0.1) is 18.8 Å². The fourth-order valence-electron chi connectivity index (χ4n) is 2.04. The highest BCUT2D eigenvalue weighted by Gasteiger charge is 2.10. The maximum atomic E-state index is 6.00. The number of rotatable bonds is 5. The Morgan fingerprint density at radius 3 is 2.53 bits per heavy atom. The Bertz CT molecular complexity index is 291. The normalized spacial score (nSPS) is 13.1. The third-order valence-electron chi connectivity index (χ3n) is 2.63. The highest BCUT2D eigenvalue weighted by Crippen LogP contribution is 2.19. The molecule has 1 aromatic rings. The Hall–Kier alpha value is -0.490. The first-order valence-corrected chi connectivity index (χ1v) is 6.26. The molecule has 0 aromatic heterocycles. The van der Waals surface area contributed by atoms with E-state index in [9.17, 15) is 0 Å². The zero-order chi connectivity index (χ0) is 11.3. The predicted molar refractivity (Wildman–Crippen MR) is 68.5 cm³/mol. The summed E-state index contributed by atoms with van der Waals surface area (Å²) in [6, 6.07) is 8.74. The van der Waals surface area contributed by atoms with Gasteiger partial charge in [0.05, 0.1) is 0 Å². The van der Waals surface area contributed by atoms with Gasteiger partial charge in [0, 0.05) is 5.88 Å². The molecule has 15 heavy (non-hydrogen) atoms. The average molecular weight is 225 g/mol. The summed E-state index contributed by atoms with van der Waals surface area (Å²) in [4.78, 5) is 0. The van der Waals surface area contributed by atoms with Crippen LogP contribution in [-0.4, -0.2) is 5.88 Å². The number of benzene rings is 1. The first-order valence-electron chi connectivity index (χ1n) is 5.73. The van der Waals surface area contributed by atoms with Gasteiger partial charge in [0.25, 0.3) is 0 Å². The second-order valence-electron chi connectivity index (χ2n) is 4.84. The Kier molecular flexibility index (Phi) is 5.17. The van der Waals surface area contributed by atoms with E-state index in [1.54, 1.807) is 0 Å². The van der Waals surface area contributed by atoms with Crippen LogP contribution < -0.4 is 0 Å². The fourth-order valence-corrected chi connectivity index (χ4v) is 2.28. The van der Waals surface area contributed by atoms with Crippen LogP contribution in [0.2, 0.25) is 0 Å². The average Bonchev–Trinajstić information content (AvgIpc) is 2.16. The van der Waals surface area contributed by atoms with Crippen molar-refractivity contribution in [3.05, 3.63) is 35.4 Å². The second kappa shape index (κ2) is 6.17. The molecule has 0 aliphatic carbocycles. The van der Waals surface area contributed by atoms with E-state index in [0.29, 0.717) is 5.92 Å². The molecule has 0 spiro atoms. The van der Waals surface area contributed by atoms with E-state index in [-0.39, 0.29) is 0 Å². The zero-order valence-electron chi connectivity index (χ0n) is 9.96. The van der Waals surface area contributed by atoms with E-state index in [2.05, 4.69) is 45.0 Å². The minimum atomic E-state index is 0.619. The van der Waals surface area contributed by atoms with Crippen molar-refractivity contribution in [3.63, 3.8) is 0 Å². The third-order valence-corrected chi connectivity index (χ3v) is 3.07. The van der Waals surface area contributed by atoms with Crippen molar-refractivity contribution in [2.75, 3.05) is 5.88 Å². The number of alkyl halides is 1. The first-order chi connectivity index (χ1) is 7.11. The lowest BCUT2D eigenvalue weighted by Gasteiger charge is -2.16. The lowest BCUT2D eigenvalue weighted by Crippen LogP contribution is -2.09. The lowest BCUT2D eigenvalue weighted by atomic mass is 9.92. The molecule has 1 aromatic carbocycles. The summed E-state index contributed by atoms with van der Waals surface area (Å²) in [5.41, 5.74) is 2.76. The van der Waals surface area contributed by atoms with Crippen LogP contribution in [0.5, 0.6) is 0 Å². The third kappa shape index (κ3) is 4.70. The smallest absolute Gasteiger partial charge is 0.0255 e. The SMILES string of the molecule is Cc1cccc(CC(CCl)CC(C)C)c1. The first kappa shape index (κ1) is 12.6. The van der Waals surface area contributed by atoms with Gasteiger partial charge in [0.1, 0.15) is 0 Å². The largest absolute Gasteiger partial charge is 0.126 e. The van der Waals surface area contributed by atoms with Gasteiger partial charge < -0.3 is 0 Å². The van der Waals surface area contributed by atoms with Crippen LogP contribution in [0.4, 0.5) is 0 Å². The van der Waals surface area contributed by atoms with E-state index in [0.717, 1.165) is 18.2 Å². The van der Waals surface area contributed by atoms with Gasteiger partial charge in [-0.3, -0.25) is 0 Å². The quantitative estimate of drug-likeness (QED) is 0.649. The highest BCUT2D eigenvalue weighted by atomic mass is 35.5. The van der Waals surface area contributed by atoms with Gasteiger partial charge >= 0.3 is 0 Å². The fraction of sp³-hybridized carbons (Fsp3) is 0.571. The van der Waals surface area contributed by atoms with Gasteiger partial charge in [-0.2, -0.15) is 0 Å². The molecular weight excluding hydrogens is 204 g/mol. The van der Waals surface area contributed by atoms with Crippen molar-refractivity contribution >= 4 is 11.6 Å². The van der Waals surface area contributed by atoms with Gasteiger partial charge in [-0.25, -0.2) is 0 Å². The van der Waals surface area contributed by atoms with Gasteiger partial charge in [0.15, 0.2) is 0 Å². The Labute approximate surface area is 98.7 Å². The molecule has 84 valence electrons. The molecule has 0 aliphatic rings. The van der Waals surface area contributed by atoms with E-state index in [4.69, 9.17) is 11.6 Å². The topological polar surface area (TPSA) is 0 Å². The van der Waals surface area contributed by atoms with Crippen molar-refractivity contribution in [1.82, 2.24) is 0 Å². The molecule has 0 fully saturated rings. The molecule has 0 aliphatic heterocycles. The number of hydrogen-bond acceptors (Lipinski definition) is 0. The van der Waals surface area contributed by atoms with Crippen LogP contribution in [0.1, 0.15) is 31.4 Å². The van der Waals surface area contributed by atoms with Crippen LogP contribution in [0.3, 0.4) is 0 Å². The molecule has 1 rings (SSSR count). The summed E-state index contributed by atoms with van der Waals surface area (Å²) < 4.78 is 0. The number of halogens is 1. The molecule has 0 nitrogen and oxygen atoms in total. The molecule has 1 heteroatoms. The van der Waals surface area contributed by atoms with Gasteiger partial charge in [-0.15, -0.1) is 11.6 Å². The Morgan fingerprint density at radius 2 is 2.00 bits per heavy atom. The summed E-state index contributed by atoms with van der Waals surface area (Å²) in [5, 5.41) is 0. The molecular formula is C14H21Cl. The van der Waals surface area contributed by atoms with Crippen LogP contribution in [0.15, 0.2) is 24.3 Å². The number of hydrogen-bond donors (Lipinski definition) is 0. The molecule has 0 saturated carbocycles. The molecule has 0 N–H and O–H groups in total. The molecule has 1 atom stereocenters. The van der Waals surface area contributed by atoms with Crippen LogP contribution in [-0.2, 0) is 6.42 Å². The summed E-state index contributed by atoms with van der Waals surface area (Å²) in [7, 11) is 0. The van der Waals surface area contributed by atoms with Gasteiger partial charge in [-0.05, 0) is 37.2 Å². The molecule has 0 bridgehead atoms. The molecule has 0 amide bonds. The Morgan fingerprint density at radius 1 is 1.27 bits per heavy atom. The van der Waals surface area contributed by atoms with Gasteiger partial charge in [0.2, 0.25) is 0 Å². The van der Waals surface area contributed by atoms with E-state index in [1.807, 2.05) is 0 Å². The van der Waals surface area contributed by atoms with Crippen molar-refractivity contribution in [1.29, 1.82) is 0 Å². The van der Waals surface area contributed by atoms with E-state index < -0.39 is 0 Å². The van der Waals surface area contributed by atoms with Crippen LogP contribution in [0.25, 0.3) is 0 Å². The number of aryl methyl sites for hydroxylation is 1. The highest BCUT2D eigenvalue weighted by molar-refractivity contribution is 6.18. The maximum Gasteiger partial charge on any atom is 0.0255 e. The monoisotopic (exact) mass is 224 g/mol. The standard InChI is InChI=1S/C14H21Cl/c1-11(2)7-14(10-15)9-13-6-4-5-12(3)8-13/h4-6,8,11,14H,7,9-10H2,1-3H3. The van der Waals surface area contributed by atoms with Crippen molar-refractivity contribution in [2.45, 2.75) is 33.6 Å². The zero-order valence-corrected chi connectivity index (χ0v) is 10.7. The second-order valence-corrected chi connectivity index (χ2v) is 5.15. The van der Waals surface area contributed by atoms with Crippen LogP contribution >= 0.6 is 11.6 Å². The van der Waals surface area contributed by atoms with E-state index in [1.165, 1.54) is 17.5 Å². The minimum absolute atomic E-state index is 0.619. The minimum Gasteiger partial charge on any atom is -0.126 e. The lowest BCUT2D eigenvalue weighted by molar-refractivity contribution is 0.441. The molecule has 0 saturated heterocycles. The maximum absolute atomic E-state index is 6.00. The molecule has 0 radical (unpaired) electrons. The van der Waals surface area contributed by atoms with Gasteiger partial charge in [-0.1, -0.05) is 43.7 Å². The van der Waals surface area contributed by atoms with Crippen molar-refractivity contribution in [2.24, 2.45) is 11.8 Å². The van der Waals surface area contributed by atoms with E-state index >= 15 is 0 Å². The van der Waals surface area contributed by atoms with Crippen molar-refractivity contribution < 1.29 is 0 Å². The van der Waals surface area contributed by atoms with Crippen molar-refractivity contribution in [3.8, 4) is 0 Å². The summed E-state index contributed by atoms with van der Waals surface area (Å²) >= 11 is 6.00. The summed E-state index contributed by atoms with van der Waals surface area (Å²) in [6.07, 6.45) is 2.33. The Balaban J connectivity index is 2.58. The molecule has 0 heterocycles. The predicted octanol–water partition coefficient (Wildman–Crippen LogP) is 4.44. The molecule has 1 unspecified atom stereocenters. The summed E-state index contributed by atoms with van der Waals surface area (Å²) in [6.45, 7) is 6.66.